The van der Waals surface area contributed by atoms with Crippen LogP contribution in [0.5, 0.6) is 0 Å². The topological polar surface area (TPSA) is 99.0 Å². The van der Waals surface area contributed by atoms with E-state index in [4.69, 9.17) is 16.9 Å². The van der Waals surface area contributed by atoms with Gasteiger partial charge in [0.1, 0.15) is 11.0 Å². The van der Waals surface area contributed by atoms with E-state index in [0.29, 0.717) is 31.1 Å². The molecule has 2 aromatic rings. The van der Waals surface area contributed by atoms with Gasteiger partial charge in [0, 0.05) is 32.0 Å². The van der Waals surface area contributed by atoms with Gasteiger partial charge in [-0.05, 0) is 30.9 Å². The lowest BCUT2D eigenvalue weighted by molar-refractivity contribution is 0.400. The zero-order chi connectivity index (χ0) is 18.6. The van der Waals surface area contributed by atoms with Crippen molar-refractivity contribution < 1.29 is 8.42 Å². The number of rotatable bonds is 5. The van der Waals surface area contributed by atoms with Gasteiger partial charge in [0.15, 0.2) is 11.5 Å². The molecule has 136 valence electrons. The number of aromatic nitrogens is 2. The number of hydrogen-bond donors (Lipinski definition) is 1. The molecule has 0 radical (unpaired) electrons. The van der Waals surface area contributed by atoms with E-state index in [9.17, 15) is 8.42 Å². The van der Waals surface area contributed by atoms with Crippen molar-refractivity contribution in [3.8, 4) is 6.07 Å². The van der Waals surface area contributed by atoms with Gasteiger partial charge >= 0.3 is 0 Å². The van der Waals surface area contributed by atoms with Crippen LogP contribution in [0.1, 0.15) is 18.5 Å². The molecule has 7 nitrogen and oxygen atoms in total. The molecule has 26 heavy (non-hydrogen) atoms. The maximum absolute atomic E-state index is 12.4. The van der Waals surface area contributed by atoms with Crippen LogP contribution < -0.4 is 9.62 Å². The second-order valence-electron chi connectivity index (χ2n) is 6.05. The average Bonchev–Trinajstić information content (AvgIpc) is 2.67. The van der Waals surface area contributed by atoms with Gasteiger partial charge in [0.05, 0.1) is 5.02 Å². The number of sulfonamides is 1. The Bertz CT molecular complexity index is 921. The summed E-state index contributed by atoms with van der Waals surface area (Å²) in [5.74, 6) is 0.802. The molecule has 0 unspecified atom stereocenters. The van der Waals surface area contributed by atoms with E-state index >= 15 is 0 Å². The van der Waals surface area contributed by atoms with Gasteiger partial charge < -0.3 is 4.90 Å². The van der Waals surface area contributed by atoms with Crippen molar-refractivity contribution in [2.24, 2.45) is 5.92 Å². The van der Waals surface area contributed by atoms with Crippen LogP contribution in [0, 0.1) is 17.2 Å². The largest absolute Gasteiger partial charge is 0.354 e. The molecule has 1 aromatic heterocycles. The fourth-order valence-electron chi connectivity index (χ4n) is 2.96. The molecular formula is C17H18ClN5O2S. The van der Waals surface area contributed by atoms with E-state index in [1.165, 1.54) is 12.3 Å². The van der Waals surface area contributed by atoms with E-state index in [1.807, 2.05) is 4.90 Å². The molecule has 2 heterocycles. The highest BCUT2D eigenvalue weighted by molar-refractivity contribution is 7.89. The highest BCUT2D eigenvalue weighted by atomic mass is 35.5. The van der Waals surface area contributed by atoms with E-state index in [2.05, 4.69) is 20.8 Å². The maximum atomic E-state index is 12.4. The molecule has 1 aliphatic heterocycles. The maximum Gasteiger partial charge on any atom is 0.242 e. The van der Waals surface area contributed by atoms with Crippen LogP contribution >= 0.6 is 11.6 Å². The molecule has 3 rings (SSSR count). The molecule has 0 spiro atoms. The molecule has 1 N–H and O–H groups in total. The van der Waals surface area contributed by atoms with Crippen LogP contribution in [-0.4, -0.2) is 38.0 Å². The summed E-state index contributed by atoms with van der Waals surface area (Å²) in [5, 5.41) is 9.35. The fraction of sp³-hybridized carbons (Fsp3) is 0.353. The van der Waals surface area contributed by atoms with Crippen molar-refractivity contribution in [3.63, 3.8) is 0 Å². The Labute approximate surface area is 157 Å². The number of piperidine rings is 1. The molecule has 1 aliphatic rings. The Morgan fingerprint density at radius 1 is 1.23 bits per heavy atom. The molecule has 0 amide bonds. The third-order valence-electron chi connectivity index (χ3n) is 4.39. The normalized spacial score (nSPS) is 15.6. The molecule has 1 saturated heterocycles. The highest BCUT2D eigenvalue weighted by Gasteiger charge is 2.24. The smallest absolute Gasteiger partial charge is 0.242 e. The van der Waals surface area contributed by atoms with Crippen molar-refractivity contribution in [1.82, 2.24) is 14.7 Å². The standard InChI is InChI=1S/C17H18ClN5O2S/c18-14-3-1-2-4-16(14)26(24,25)22-12-13-5-9-23(10-6-13)17-15(11-19)20-7-8-21-17/h1-4,7-8,13,22H,5-6,9-10,12H2. The summed E-state index contributed by atoms with van der Waals surface area (Å²) >= 11 is 5.98. The molecule has 0 atom stereocenters. The van der Waals surface area contributed by atoms with Crippen LogP contribution in [-0.2, 0) is 10.0 Å². The first-order valence-corrected chi connectivity index (χ1v) is 10.1. The lowest BCUT2D eigenvalue weighted by Crippen LogP contribution is -2.39. The molecular weight excluding hydrogens is 374 g/mol. The number of benzene rings is 1. The SMILES string of the molecule is N#Cc1nccnc1N1CCC(CNS(=O)(=O)c2ccccc2Cl)CC1. The second kappa shape index (κ2) is 7.99. The minimum absolute atomic E-state index is 0.0947. The summed E-state index contributed by atoms with van der Waals surface area (Å²) in [6, 6.07) is 8.44. The van der Waals surface area contributed by atoms with Gasteiger partial charge in [-0.25, -0.2) is 23.1 Å². The molecule has 0 aliphatic carbocycles. The Hall–Kier alpha value is -2.21. The van der Waals surface area contributed by atoms with E-state index < -0.39 is 10.0 Å². The highest BCUT2D eigenvalue weighted by Crippen LogP contribution is 2.24. The minimum Gasteiger partial charge on any atom is -0.354 e. The third kappa shape index (κ3) is 4.12. The Morgan fingerprint density at radius 2 is 1.92 bits per heavy atom. The van der Waals surface area contributed by atoms with E-state index in [-0.39, 0.29) is 15.8 Å². The van der Waals surface area contributed by atoms with Crippen LogP contribution in [0.2, 0.25) is 5.02 Å². The van der Waals surface area contributed by atoms with Crippen molar-refractivity contribution in [2.45, 2.75) is 17.7 Å². The molecule has 1 fully saturated rings. The van der Waals surface area contributed by atoms with Gasteiger partial charge in [0.25, 0.3) is 0 Å². The Kier molecular flexibility index (Phi) is 5.71. The van der Waals surface area contributed by atoms with Crippen LogP contribution in [0.15, 0.2) is 41.6 Å². The number of hydrogen-bond acceptors (Lipinski definition) is 6. The molecule has 0 saturated carbocycles. The van der Waals surface area contributed by atoms with Gasteiger partial charge in [-0.3, -0.25) is 0 Å². The molecule has 0 bridgehead atoms. The molecule has 1 aromatic carbocycles. The lowest BCUT2D eigenvalue weighted by atomic mass is 9.97. The van der Waals surface area contributed by atoms with Crippen LogP contribution in [0.3, 0.4) is 0 Å². The van der Waals surface area contributed by atoms with E-state index in [0.717, 1.165) is 12.8 Å². The number of halogens is 1. The predicted octanol–water partition coefficient (Wildman–Crippen LogP) is 2.20. The predicted molar refractivity (Wildman–Crippen MR) is 98.3 cm³/mol. The summed E-state index contributed by atoms with van der Waals surface area (Å²) in [7, 11) is -3.63. The van der Waals surface area contributed by atoms with Crippen molar-refractivity contribution >= 4 is 27.4 Å². The zero-order valence-corrected chi connectivity index (χ0v) is 15.5. The van der Waals surface area contributed by atoms with Gasteiger partial charge in [0.2, 0.25) is 10.0 Å². The number of nitrogens with zero attached hydrogens (tertiary/aromatic N) is 4. The third-order valence-corrected chi connectivity index (χ3v) is 6.31. The first kappa shape index (κ1) is 18.6. The number of anilines is 1. The zero-order valence-electron chi connectivity index (χ0n) is 14.0. The van der Waals surface area contributed by atoms with Gasteiger partial charge in [-0.1, -0.05) is 23.7 Å². The van der Waals surface area contributed by atoms with Crippen LogP contribution in [0.4, 0.5) is 5.82 Å². The second-order valence-corrected chi connectivity index (χ2v) is 8.20. The van der Waals surface area contributed by atoms with Crippen molar-refractivity contribution in [1.29, 1.82) is 5.26 Å². The Balaban J connectivity index is 1.58. The monoisotopic (exact) mass is 391 g/mol. The first-order chi connectivity index (χ1) is 12.5. The quantitative estimate of drug-likeness (QED) is 0.838. The Morgan fingerprint density at radius 3 is 2.62 bits per heavy atom. The number of nitrogens with one attached hydrogen (secondary N) is 1. The average molecular weight is 392 g/mol. The minimum atomic E-state index is -3.63. The van der Waals surface area contributed by atoms with Crippen molar-refractivity contribution in [2.75, 3.05) is 24.5 Å². The summed E-state index contributed by atoms with van der Waals surface area (Å²) < 4.78 is 27.5. The fourth-order valence-corrected chi connectivity index (χ4v) is 4.59. The first-order valence-electron chi connectivity index (χ1n) is 8.21. The van der Waals surface area contributed by atoms with Gasteiger partial charge in [-0.2, -0.15) is 5.26 Å². The van der Waals surface area contributed by atoms with E-state index in [1.54, 1.807) is 24.4 Å². The molecule has 9 heteroatoms. The summed E-state index contributed by atoms with van der Waals surface area (Å²) in [6.45, 7) is 1.75. The summed E-state index contributed by atoms with van der Waals surface area (Å²) in [4.78, 5) is 10.4. The van der Waals surface area contributed by atoms with Gasteiger partial charge in [-0.15, -0.1) is 0 Å². The van der Waals surface area contributed by atoms with Crippen molar-refractivity contribution in [3.05, 3.63) is 47.4 Å². The lowest BCUT2D eigenvalue weighted by Gasteiger charge is -2.32. The number of nitriles is 1. The van der Waals surface area contributed by atoms with Crippen LogP contribution in [0.25, 0.3) is 0 Å². The summed E-state index contributed by atoms with van der Waals surface area (Å²) in [6.07, 6.45) is 4.66. The summed E-state index contributed by atoms with van der Waals surface area (Å²) in [5.41, 5.74) is 0.311.